The topological polar surface area (TPSA) is 94.6 Å². The number of hydrogen-bond donors (Lipinski definition) is 1. The smallest absolute Gasteiger partial charge is 0.433 e. The maximum Gasteiger partial charge on any atom is 0.433 e. The Hall–Kier alpha value is -4.12. The van der Waals surface area contributed by atoms with Crippen molar-refractivity contribution in [2.24, 2.45) is 0 Å². The van der Waals surface area contributed by atoms with Crippen LogP contribution >= 0.6 is 0 Å². The molecule has 1 N–H and O–H groups in total. The molecule has 0 saturated heterocycles. The standard InChI is InChI=1S/C24H19F3N4O4/c1-13-17(22-29-19-15(34-12-11-33-2)9-6-10-16(19)35-22)23(32)31-21(28-13)18(14-7-4-3-5-8-14)20(30-31)24(25,26)27/h3-10,30H,11-12H2,1-2H3. The number of alkyl halides is 3. The van der Waals surface area contributed by atoms with E-state index in [1.807, 2.05) is 0 Å². The van der Waals surface area contributed by atoms with E-state index in [-0.39, 0.29) is 40.5 Å². The van der Waals surface area contributed by atoms with Gasteiger partial charge in [-0.05, 0) is 24.6 Å². The fraction of sp³-hybridized carbons (Fsp3) is 0.208. The molecule has 0 bridgehead atoms. The number of benzene rings is 2. The quantitative estimate of drug-likeness (QED) is 0.346. The summed E-state index contributed by atoms with van der Waals surface area (Å²) < 4.78 is 59.0. The summed E-state index contributed by atoms with van der Waals surface area (Å²) in [4.78, 5) is 22.2. The van der Waals surface area contributed by atoms with Gasteiger partial charge in [-0.25, -0.2) is 9.97 Å². The Labute approximate surface area is 195 Å². The molecule has 2 aromatic carbocycles. The first-order valence-electron chi connectivity index (χ1n) is 10.6. The Morgan fingerprint density at radius 1 is 1.03 bits per heavy atom. The summed E-state index contributed by atoms with van der Waals surface area (Å²) >= 11 is 0. The highest BCUT2D eigenvalue weighted by atomic mass is 19.4. The van der Waals surface area contributed by atoms with Crippen LogP contribution in [0.4, 0.5) is 13.2 Å². The van der Waals surface area contributed by atoms with Crippen LogP contribution in [0, 0.1) is 6.92 Å². The second-order valence-electron chi connectivity index (χ2n) is 7.73. The third-order valence-electron chi connectivity index (χ3n) is 5.45. The molecule has 0 saturated carbocycles. The van der Waals surface area contributed by atoms with Crippen LogP contribution in [0.25, 0.3) is 39.3 Å². The van der Waals surface area contributed by atoms with Gasteiger partial charge >= 0.3 is 6.18 Å². The van der Waals surface area contributed by atoms with E-state index in [0.717, 1.165) is 4.52 Å². The Bertz CT molecular complexity index is 1590. The van der Waals surface area contributed by atoms with Crippen molar-refractivity contribution in [1.29, 1.82) is 0 Å². The number of aryl methyl sites for hydroxylation is 1. The van der Waals surface area contributed by atoms with Gasteiger partial charge in [-0.3, -0.25) is 9.89 Å². The molecule has 3 aromatic heterocycles. The van der Waals surface area contributed by atoms with Crippen LogP contribution in [0.5, 0.6) is 5.75 Å². The van der Waals surface area contributed by atoms with E-state index >= 15 is 0 Å². The van der Waals surface area contributed by atoms with Gasteiger partial charge in [-0.2, -0.15) is 17.7 Å². The Balaban J connectivity index is 1.72. The van der Waals surface area contributed by atoms with Crippen molar-refractivity contribution in [2.45, 2.75) is 13.1 Å². The molecule has 180 valence electrons. The van der Waals surface area contributed by atoms with E-state index in [2.05, 4.69) is 15.1 Å². The lowest BCUT2D eigenvalue weighted by Gasteiger charge is -2.07. The van der Waals surface area contributed by atoms with E-state index in [4.69, 9.17) is 13.9 Å². The average molecular weight is 484 g/mol. The highest BCUT2D eigenvalue weighted by Gasteiger charge is 2.38. The SMILES string of the molecule is COCCOc1cccc2oc(-c3c(C)nc4c(-c5ccccc5)c(C(F)(F)F)[nH]n4c3=O)nc12. The molecule has 0 fully saturated rings. The van der Waals surface area contributed by atoms with Gasteiger partial charge in [0, 0.05) is 7.11 Å². The monoisotopic (exact) mass is 484 g/mol. The predicted molar refractivity (Wildman–Crippen MR) is 121 cm³/mol. The van der Waals surface area contributed by atoms with Crippen LogP contribution in [-0.2, 0) is 10.9 Å². The number of nitrogens with one attached hydrogen (secondary N) is 1. The highest BCUT2D eigenvalue weighted by Crippen LogP contribution is 2.38. The van der Waals surface area contributed by atoms with Crippen molar-refractivity contribution in [3.8, 4) is 28.3 Å². The van der Waals surface area contributed by atoms with Crippen LogP contribution in [0.2, 0.25) is 0 Å². The largest absolute Gasteiger partial charge is 0.489 e. The number of oxazole rings is 1. The summed E-state index contributed by atoms with van der Waals surface area (Å²) in [5.74, 6) is 0.351. The van der Waals surface area contributed by atoms with Crippen LogP contribution in [0.15, 0.2) is 57.7 Å². The van der Waals surface area contributed by atoms with Crippen molar-refractivity contribution in [1.82, 2.24) is 19.6 Å². The molecule has 3 heterocycles. The molecule has 0 aliphatic heterocycles. The number of H-pyrrole nitrogens is 1. The first kappa shape index (κ1) is 22.7. The molecule has 35 heavy (non-hydrogen) atoms. The third-order valence-corrected chi connectivity index (χ3v) is 5.45. The lowest BCUT2D eigenvalue weighted by molar-refractivity contribution is -0.140. The van der Waals surface area contributed by atoms with Gasteiger partial charge < -0.3 is 13.9 Å². The van der Waals surface area contributed by atoms with Gasteiger partial charge in [0.25, 0.3) is 5.56 Å². The molecule has 0 amide bonds. The Kier molecular flexibility index (Phi) is 5.56. The third kappa shape index (κ3) is 3.93. The normalized spacial score (nSPS) is 12.0. The van der Waals surface area contributed by atoms with Crippen molar-refractivity contribution in [3.63, 3.8) is 0 Å². The summed E-state index contributed by atoms with van der Waals surface area (Å²) in [7, 11) is 1.55. The minimum absolute atomic E-state index is 0.0591. The Morgan fingerprint density at radius 2 is 1.80 bits per heavy atom. The number of nitrogens with zero attached hydrogens (tertiary/aromatic N) is 3. The maximum atomic E-state index is 13.9. The second-order valence-corrected chi connectivity index (χ2v) is 7.73. The lowest BCUT2D eigenvalue weighted by atomic mass is 10.1. The number of fused-ring (bicyclic) bond motifs is 2. The zero-order valence-corrected chi connectivity index (χ0v) is 18.6. The Morgan fingerprint density at radius 3 is 2.51 bits per heavy atom. The zero-order valence-electron chi connectivity index (χ0n) is 18.6. The lowest BCUT2D eigenvalue weighted by Crippen LogP contribution is -2.20. The van der Waals surface area contributed by atoms with Gasteiger partial charge in [0.05, 0.1) is 17.9 Å². The zero-order chi connectivity index (χ0) is 24.7. The number of aromatic nitrogens is 4. The maximum absolute atomic E-state index is 13.9. The molecule has 0 spiro atoms. The number of aromatic amines is 1. The number of halogens is 3. The number of para-hydroxylation sites is 1. The first-order chi connectivity index (χ1) is 16.8. The molecule has 5 rings (SSSR count). The van der Waals surface area contributed by atoms with Gasteiger partial charge in [0.15, 0.2) is 16.7 Å². The van der Waals surface area contributed by atoms with Crippen molar-refractivity contribution >= 4 is 16.7 Å². The summed E-state index contributed by atoms with van der Waals surface area (Å²) in [5.41, 5.74) is -1.08. The highest BCUT2D eigenvalue weighted by molar-refractivity contribution is 5.84. The first-order valence-corrected chi connectivity index (χ1v) is 10.6. The fourth-order valence-corrected chi connectivity index (χ4v) is 3.89. The van der Waals surface area contributed by atoms with E-state index in [9.17, 15) is 18.0 Å². The van der Waals surface area contributed by atoms with E-state index < -0.39 is 17.4 Å². The molecular weight excluding hydrogens is 465 g/mol. The van der Waals surface area contributed by atoms with Crippen molar-refractivity contribution in [2.75, 3.05) is 20.3 Å². The fourth-order valence-electron chi connectivity index (χ4n) is 3.89. The number of methoxy groups -OCH3 is 1. The molecule has 5 aromatic rings. The summed E-state index contributed by atoms with van der Waals surface area (Å²) in [6.45, 7) is 2.16. The van der Waals surface area contributed by atoms with Crippen LogP contribution in [0.1, 0.15) is 11.4 Å². The van der Waals surface area contributed by atoms with Gasteiger partial charge in [0.2, 0.25) is 5.89 Å². The van der Waals surface area contributed by atoms with Crippen LogP contribution in [0.3, 0.4) is 0 Å². The van der Waals surface area contributed by atoms with Gasteiger partial charge in [-0.15, -0.1) is 0 Å². The summed E-state index contributed by atoms with van der Waals surface area (Å²) in [5, 5.41) is 2.20. The van der Waals surface area contributed by atoms with Gasteiger partial charge in [-0.1, -0.05) is 36.4 Å². The molecule has 0 unspecified atom stereocenters. The van der Waals surface area contributed by atoms with Crippen molar-refractivity contribution in [3.05, 3.63) is 70.3 Å². The minimum atomic E-state index is -4.74. The van der Waals surface area contributed by atoms with Gasteiger partial charge in [0.1, 0.15) is 23.6 Å². The molecule has 0 atom stereocenters. The minimum Gasteiger partial charge on any atom is -0.489 e. The van der Waals surface area contributed by atoms with E-state index in [1.165, 1.54) is 19.1 Å². The number of rotatable bonds is 6. The summed E-state index contributed by atoms with van der Waals surface area (Å²) in [6.07, 6.45) is -4.74. The second kappa shape index (κ2) is 8.58. The van der Waals surface area contributed by atoms with Crippen LogP contribution < -0.4 is 10.3 Å². The van der Waals surface area contributed by atoms with E-state index in [1.54, 1.807) is 43.5 Å². The average Bonchev–Trinajstić information content (AvgIpc) is 3.42. The number of hydrogen-bond acceptors (Lipinski definition) is 6. The number of ether oxygens (including phenoxy) is 2. The molecule has 11 heteroatoms. The molecule has 8 nitrogen and oxygen atoms in total. The molecular formula is C24H19F3N4O4. The van der Waals surface area contributed by atoms with Crippen molar-refractivity contribution < 1.29 is 27.1 Å². The molecule has 0 aliphatic carbocycles. The predicted octanol–water partition coefficient (Wildman–Crippen LogP) is 4.85. The molecule has 0 radical (unpaired) electrons. The molecule has 0 aliphatic rings. The summed E-state index contributed by atoms with van der Waals surface area (Å²) in [6, 6.07) is 13.0. The van der Waals surface area contributed by atoms with E-state index in [0.29, 0.717) is 23.5 Å². The van der Waals surface area contributed by atoms with Crippen LogP contribution in [-0.4, -0.2) is 39.9 Å².